The second kappa shape index (κ2) is 8.90. The Bertz CT molecular complexity index is 614. The molecule has 0 saturated heterocycles. The predicted octanol–water partition coefficient (Wildman–Crippen LogP) is 3.36. The number of fused-ring (bicyclic) bond motifs is 1. The highest BCUT2D eigenvalue weighted by atomic mass is 15.1. The van der Waals surface area contributed by atoms with Crippen molar-refractivity contribution >= 4 is 0 Å². The highest BCUT2D eigenvalue weighted by Crippen LogP contribution is 2.31. The molecule has 0 radical (unpaired) electrons. The van der Waals surface area contributed by atoms with Crippen molar-refractivity contribution in [3.05, 3.63) is 59.7 Å². The van der Waals surface area contributed by atoms with Gasteiger partial charge in [-0.3, -0.25) is 14.9 Å². The van der Waals surface area contributed by atoms with Crippen LogP contribution >= 0.6 is 0 Å². The zero-order chi connectivity index (χ0) is 16.6. The smallest absolute Gasteiger partial charge is 0.0607 e. The molecule has 0 amide bonds. The normalized spacial score (nSPS) is 17.0. The van der Waals surface area contributed by atoms with Crippen molar-refractivity contribution in [2.45, 2.75) is 44.7 Å². The summed E-state index contributed by atoms with van der Waals surface area (Å²) in [4.78, 5) is 11.5. The van der Waals surface area contributed by atoms with E-state index in [4.69, 9.17) is 0 Å². The number of hydrogen-bond acceptors (Lipinski definition) is 4. The molecule has 0 fully saturated rings. The Morgan fingerprint density at radius 1 is 1.12 bits per heavy atom. The first-order valence-electron chi connectivity index (χ1n) is 9.09. The predicted molar refractivity (Wildman–Crippen MR) is 97.7 cm³/mol. The number of rotatable bonds is 8. The molecule has 1 unspecified atom stereocenters. The minimum absolute atomic E-state index is 0.497. The van der Waals surface area contributed by atoms with Crippen LogP contribution in [0, 0.1) is 0 Å². The molecule has 0 spiro atoms. The Hall–Kier alpha value is -1.78. The lowest BCUT2D eigenvalue weighted by Gasteiger charge is -2.32. The van der Waals surface area contributed by atoms with E-state index in [-0.39, 0.29) is 0 Å². The van der Waals surface area contributed by atoms with Gasteiger partial charge in [-0.2, -0.15) is 0 Å². The van der Waals surface area contributed by atoms with Crippen LogP contribution in [0.1, 0.15) is 48.7 Å². The highest BCUT2D eigenvalue weighted by Gasteiger charge is 2.24. The number of nitrogens with one attached hydrogen (secondary N) is 1. The highest BCUT2D eigenvalue weighted by molar-refractivity contribution is 5.25. The lowest BCUT2D eigenvalue weighted by Crippen LogP contribution is -2.30. The lowest BCUT2D eigenvalue weighted by molar-refractivity contribution is 0.212. The number of hydrogen-bond donors (Lipinski definition) is 1. The van der Waals surface area contributed by atoms with Crippen LogP contribution in [0.2, 0.25) is 0 Å². The fourth-order valence-corrected chi connectivity index (χ4v) is 3.50. The molecule has 3 rings (SSSR count). The standard InChI is InChI=1S/C20H28N4/c1-24(19-11-6-8-17-9-7-14-23-20(17)19)15-5-4-12-21-16-18-10-2-3-13-22-18/h2-3,7,9-10,13-14,19,21H,4-6,8,11-12,15-16H2,1H3. The molecule has 0 bridgehead atoms. The molecule has 4 heteroatoms. The summed E-state index contributed by atoms with van der Waals surface area (Å²) in [5.41, 5.74) is 3.86. The van der Waals surface area contributed by atoms with Crippen LogP contribution in [0.3, 0.4) is 0 Å². The topological polar surface area (TPSA) is 41.0 Å². The monoisotopic (exact) mass is 324 g/mol. The maximum atomic E-state index is 4.65. The summed E-state index contributed by atoms with van der Waals surface area (Å²) in [6, 6.07) is 10.9. The second-order valence-electron chi connectivity index (χ2n) is 6.64. The van der Waals surface area contributed by atoms with Crippen molar-refractivity contribution in [3.8, 4) is 0 Å². The fourth-order valence-electron chi connectivity index (χ4n) is 3.50. The average molecular weight is 324 g/mol. The molecule has 1 N–H and O–H groups in total. The quantitative estimate of drug-likeness (QED) is 0.756. The van der Waals surface area contributed by atoms with E-state index in [1.54, 1.807) is 0 Å². The van der Waals surface area contributed by atoms with Crippen molar-refractivity contribution in [1.29, 1.82) is 0 Å². The van der Waals surface area contributed by atoms with Gasteiger partial charge in [-0.1, -0.05) is 12.1 Å². The van der Waals surface area contributed by atoms with Gasteiger partial charge in [0.25, 0.3) is 0 Å². The number of nitrogens with zero attached hydrogens (tertiary/aromatic N) is 3. The largest absolute Gasteiger partial charge is 0.311 e. The summed E-state index contributed by atoms with van der Waals surface area (Å²) in [6.45, 7) is 3.03. The van der Waals surface area contributed by atoms with Gasteiger partial charge in [0.2, 0.25) is 0 Å². The minimum Gasteiger partial charge on any atom is -0.311 e. The first-order valence-corrected chi connectivity index (χ1v) is 9.09. The van der Waals surface area contributed by atoms with E-state index in [1.165, 1.54) is 43.4 Å². The van der Waals surface area contributed by atoms with Gasteiger partial charge in [-0.05, 0) is 76.0 Å². The Labute approximate surface area is 145 Å². The van der Waals surface area contributed by atoms with Crippen LogP contribution in [0.4, 0.5) is 0 Å². The third-order valence-corrected chi connectivity index (χ3v) is 4.84. The number of aromatic nitrogens is 2. The molecule has 4 nitrogen and oxygen atoms in total. The zero-order valence-electron chi connectivity index (χ0n) is 14.6. The molecule has 1 aliphatic carbocycles. The van der Waals surface area contributed by atoms with Gasteiger partial charge < -0.3 is 5.32 Å². The molecule has 24 heavy (non-hydrogen) atoms. The Morgan fingerprint density at radius 3 is 2.92 bits per heavy atom. The Morgan fingerprint density at radius 2 is 2.04 bits per heavy atom. The summed E-state index contributed by atoms with van der Waals surface area (Å²) >= 11 is 0. The van der Waals surface area contributed by atoms with Crippen molar-refractivity contribution in [2.24, 2.45) is 0 Å². The van der Waals surface area contributed by atoms with E-state index in [2.05, 4.69) is 45.4 Å². The van der Waals surface area contributed by atoms with E-state index in [1.807, 2.05) is 24.5 Å². The molecule has 128 valence electrons. The van der Waals surface area contributed by atoms with Crippen molar-refractivity contribution in [2.75, 3.05) is 20.1 Å². The Balaban J connectivity index is 1.37. The van der Waals surface area contributed by atoms with Crippen molar-refractivity contribution in [1.82, 2.24) is 20.2 Å². The summed E-state index contributed by atoms with van der Waals surface area (Å²) in [5, 5.41) is 3.48. The molecular formula is C20H28N4. The maximum Gasteiger partial charge on any atom is 0.0607 e. The summed E-state index contributed by atoms with van der Waals surface area (Å²) < 4.78 is 0. The number of pyridine rings is 2. The minimum atomic E-state index is 0.497. The molecule has 0 aliphatic heterocycles. The Kier molecular flexibility index (Phi) is 6.33. The lowest BCUT2D eigenvalue weighted by atomic mass is 9.91. The number of aryl methyl sites for hydroxylation is 1. The third kappa shape index (κ3) is 4.62. The van der Waals surface area contributed by atoms with Gasteiger partial charge >= 0.3 is 0 Å². The van der Waals surface area contributed by atoms with Crippen LogP contribution in [0.25, 0.3) is 0 Å². The van der Waals surface area contributed by atoms with E-state index < -0.39 is 0 Å². The van der Waals surface area contributed by atoms with Gasteiger partial charge in [0, 0.05) is 18.9 Å². The third-order valence-electron chi connectivity index (χ3n) is 4.84. The van der Waals surface area contributed by atoms with Gasteiger partial charge in [0.05, 0.1) is 17.4 Å². The van der Waals surface area contributed by atoms with Crippen LogP contribution in [0.5, 0.6) is 0 Å². The molecule has 2 aromatic rings. The van der Waals surface area contributed by atoms with E-state index in [0.717, 1.165) is 25.3 Å². The molecule has 1 atom stereocenters. The molecule has 0 aromatic carbocycles. The SMILES string of the molecule is CN(CCCCNCc1ccccn1)C1CCCc2cccnc21. The van der Waals surface area contributed by atoms with E-state index in [9.17, 15) is 0 Å². The molecule has 1 aliphatic rings. The van der Waals surface area contributed by atoms with Gasteiger partial charge in [0.15, 0.2) is 0 Å². The second-order valence-corrected chi connectivity index (χ2v) is 6.64. The van der Waals surface area contributed by atoms with Gasteiger partial charge in [0.1, 0.15) is 0 Å². The summed E-state index contributed by atoms with van der Waals surface area (Å²) in [6.07, 6.45) is 9.89. The summed E-state index contributed by atoms with van der Waals surface area (Å²) in [7, 11) is 2.25. The fraction of sp³-hybridized carbons (Fsp3) is 0.500. The van der Waals surface area contributed by atoms with Crippen LogP contribution < -0.4 is 5.32 Å². The van der Waals surface area contributed by atoms with Gasteiger partial charge in [-0.15, -0.1) is 0 Å². The van der Waals surface area contributed by atoms with Crippen molar-refractivity contribution in [3.63, 3.8) is 0 Å². The van der Waals surface area contributed by atoms with E-state index in [0.29, 0.717) is 6.04 Å². The number of unbranched alkanes of at least 4 members (excludes halogenated alkanes) is 1. The van der Waals surface area contributed by atoms with Crippen LogP contribution in [-0.2, 0) is 13.0 Å². The average Bonchev–Trinajstić information content (AvgIpc) is 2.64. The molecule has 2 aromatic heterocycles. The van der Waals surface area contributed by atoms with Gasteiger partial charge in [-0.25, -0.2) is 0 Å². The molecule has 0 saturated carbocycles. The van der Waals surface area contributed by atoms with Crippen LogP contribution in [0.15, 0.2) is 42.7 Å². The first-order chi connectivity index (χ1) is 11.8. The maximum absolute atomic E-state index is 4.65. The molecular weight excluding hydrogens is 296 g/mol. The van der Waals surface area contributed by atoms with Crippen LogP contribution in [-0.4, -0.2) is 35.0 Å². The zero-order valence-corrected chi connectivity index (χ0v) is 14.6. The summed E-state index contributed by atoms with van der Waals surface area (Å²) in [5.74, 6) is 0. The van der Waals surface area contributed by atoms with Crippen molar-refractivity contribution < 1.29 is 0 Å². The van der Waals surface area contributed by atoms with E-state index >= 15 is 0 Å². The first kappa shape index (κ1) is 17.1. The molecule has 2 heterocycles.